The second-order valence-corrected chi connectivity index (χ2v) is 8.83. The zero-order chi connectivity index (χ0) is 24.8. The fourth-order valence-electron chi connectivity index (χ4n) is 3.37. The maximum Gasteiger partial charge on any atom is 0.332 e. The Morgan fingerprint density at radius 3 is 2.56 bits per heavy atom. The molecule has 0 saturated carbocycles. The summed E-state index contributed by atoms with van der Waals surface area (Å²) in [5.74, 6) is -4.73. The molecular weight excluding hydrogens is 464 g/mol. The normalized spacial score (nSPS) is 23.2. The van der Waals surface area contributed by atoms with Crippen molar-refractivity contribution in [2.24, 2.45) is 11.8 Å². The van der Waals surface area contributed by atoms with Crippen LogP contribution >= 0.6 is 11.5 Å². The second-order valence-electron chi connectivity index (χ2n) is 8.20. The Balaban J connectivity index is 1.86. The molecule has 182 valence electrons. The third-order valence-corrected chi connectivity index (χ3v) is 5.85. The van der Waals surface area contributed by atoms with Crippen molar-refractivity contribution in [3.05, 3.63) is 47.0 Å². The molecule has 2 N–H and O–H groups in total. The van der Waals surface area contributed by atoms with Crippen molar-refractivity contribution >= 4 is 35.3 Å². The highest BCUT2D eigenvalue weighted by Crippen LogP contribution is 2.25. The Labute approximate surface area is 200 Å². The molecule has 11 heteroatoms. The van der Waals surface area contributed by atoms with Crippen LogP contribution in [-0.2, 0) is 35.0 Å². The molecule has 2 unspecified atom stereocenters. The lowest BCUT2D eigenvalue weighted by Crippen LogP contribution is -2.46. The van der Waals surface area contributed by atoms with E-state index in [4.69, 9.17) is 14.2 Å². The average molecular weight is 491 g/mol. The highest BCUT2D eigenvalue weighted by molar-refractivity contribution is 7.04. The molecule has 1 amide bonds. The Hall–Kier alpha value is -3.47. The van der Waals surface area contributed by atoms with Gasteiger partial charge in [-0.1, -0.05) is 44.2 Å². The van der Waals surface area contributed by atoms with Gasteiger partial charge in [0.05, 0.1) is 11.3 Å². The second kappa shape index (κ2) is 11.1. The minimum atomic E-state index is -1.35. The third kappa shape index (κ3) is 6.10. The molecule has 1 fully saturated rings. The molecule has 2 heterocycles. The molecule has 0 aliphatic carbocycles. The molecule has 1 aromatic carbocycles. The first-order valence-corrected chi connectivity index (χ1v) is 11.6. The first kappa shape index (κ1) is 25.2. The van der Waals surface area contributed by atoms with Crippen molar-refractivity contribution in [2.75, 3.05) is 6.61 Å². The number of esters is 3. The van der Waals surface area contributed by atoms with Gasteiger partial charge in [0.1, 0.15) is 18.6 Å². The summed E-state index contributed by atoms with van der Waals surface area (Å²) in [7, 11) is 0. The predicted octanol–water partition coefficient (Wildman–Crippen LogP) is 1.86. The molecule has 4 atom stereocenters. The number of ether oxygens (including phenoxy) is 3. The minimum Gasteiger partial charge on any atom is -0.505 e. The Kier molecular flexibility index (Phi) is 8.21. The molecule has 1 aliphatic rings. The van der Waals surface area contributed by atoms with Gasteiger partial charge >= 0.3 is 17.9 Å². The van der Waals surface area contributed by atoms with Crippen LogP contribution in [0.15, 0.2) is 35.7 Å². The lowest BCUT2D eigenvalue weighted by Gasteiger charge is -2.29. The van der Waals surface area contributed by atoms with E-state index in [0.29, 0.717) is 0 Å². The van der Waals surface area contributed by atoms with Crippen LogP contribution in [0, 0.1) is 11.8 Å². The van der Waals surface area contributed by atoms with Gasteiger partial charge in [0.25, 0.3) is 5.91 Å². The molecule has 2 aromatic rings. The highest BCUT2D eigenvalue weighted by Gasteiger charge is 2.42. The van der Waals surface area contributed by atoms with E-state index in [1.54, 1.807) is 13.8 Å². The molecule has 34 heavy (non-hydrogen) atoms. The summed E-state index contributed by atoms with van der Waals surface area (Å²) in [5.41, 5.74) is 0.541. The molecule has 10 nitrogen and oxygen atoms in total. The van der Waals surface area contributed by atoms with Crippen molar-refractivity contribution in [3.63, 3.8) is 0 Å². The van der Waals surface area contributed by atoms with Crippen LogP contribution in [0.1, 0.15) is 36.8 Å². The van der Waals surface area contributed by atoms with E-state index in [2.05, 4.69) is 9.69 Å². The van der Waals surface area contributed by atoms with Gasteiger partial charge in [-0.2, -0.15) is 4.37 Å². The van der Waals surface area contributed by atoms with Crippen LogP contribution in [0.4, 0.5) is 0 Å². The van der Waals surface area contributed by atoms with Gasteiger partial charge in [0, 0.05) is 0 Å². The molecular formula is C23H26N2O8S. The van der Waals surface area contributed by atoms with E-state index in [-0.39, 0.29) is 17.9 Å². The summed E-state index contributed by atoms with van der Waals surface area (Å²) >= 11 is 0.867. The van der Waals surface area contributed by atoms with Crippen LogP contribution in [0.2, 0.25) is 0 Å². The number of nitrogens with zero attached hydrogens (tertiary/aromatic N) is 1. The Bertz CT molecular complexity index is 1040. The number of nitrogens with one attached hydrogen (secondary N) is 1. The number of aromatic hydroxyl groups is 1. The number of carbonyl (C=O) groups is 4. The Morgan fingerprint density at radius 2 is 1.94 bits per heavy atom. The molecule has 0 radical (unpaired) electrons. The van der Waals surface area contributed by atoms with Crippen LogP contribution in [0.5, 0.6) is 5.75 Å². The largest absolute Gasteiger partial charge is 0.505 e. The molecule has 1 saturated heterocycles. The van der Waals surface area contributed by atoms with Gasteiger partial charge in [-0.05, 0) is 30.4 Å². The van der Waals surface area contributed by atoms with Crippen molar-refractivity contribution < 1.29 is 38.5 Å². The fourth-order valence-corrected chi connectivity index (χ4v) is 3.91. The maximum atomic E-state index is 13.1. The summed E-state index contributed by atoms with van der Waals surface area (Å²) in [6.07, 6.45) is -1.94. The third-order valence-electron chi connectivity index (χ3n) is 5.23. The van der Waals surface area contributed by atoms with Crippen LogP contribution in [-0.4, -0.2) is 58.2 Å². The minimum absolute atomic E-state index is 0.182. The number of rotatable bonds is 6. The Morgan fingerprint density at radius 1 is 1.24 bits per heavy atom. The quantitative estimate of drug-likeness (QED) is 0.458. The summed E-state index contributed by atoms with van der Waals surface area (Å²) < 4.78 is 20.3. The first-order chi connectivity index (χ1) is 16.2. The van der Waals surface area contributed by atoms with E-state index < -0.39 is 60.5 Å². The van der Waals surface area contributed by atoms with E-state index in [0.717, 1.165) is 17.1 Å². The lowest BCUT2D eigenvalue weighted by molar-refractivity contribution is -0.176. The summed E-state index contributed by atoms with van der Waals surface area (Å²) in [6.45, 7) is 4.31. The number of aromatic nitrogens is 1. The van der Waals surface area contributed by atoms with Gasteiger partial charge in [-0.3, -0.25) is 14.4 Å². The van der Waals surface area contributed by atoms with Gasteiger partial charge < -0.3 is 24.6 Å². The van der Waals surface area contributed by atoms with E-state index >= 15 is 0 Å². The van der Waals surface area contributed by atoms with Crippen molar-refractivity contribution in [2.45, 2.75) is 45.4 Å². The van der Waals surface area contributed by atoms with Crippen LogP contribution in [0.25, 0.3) is 0 Å². The maximum absolute atomic E-state index is 13.1. The number of hydrogen-bond acceptors (Lipinski definition) is 10. The molecule has 0 bridgehead atoms. The van der Waals surface area contributed by atoms with E-state index in [1.807, 2.05) is 30.3 Å². The van der Waals surface area contributed by atoms with Gasteiger partial charge in [0.2, 0.25) is 0 Å². The van der Waals surface area contributed by atoms with E-state index in [9.17, 15) is 24.3 Å². The van der Waals surface area contributed by atoms with Crippen LogP contribution in [0.3, 0.4) is 0 Å². The zero-order valence-electron chi connectivity index (χ0n) is 18.9. The topological polar surface area (TPSA) is 141 Å². The SMILES string of the molecule is CC(C)C(=O)OC1[C@H](C)OC(=O)C(NC(=O)c2nscc2O)COC(=O)[C@@H]1Cc1ccccc1. The number of cyclic esters (lactones) is 2. The zero-order valence-corrected chi connectivity index (χ0v) is 19.7. The average Bonchev–Trinajstić information content (AvgIpc) is 3.25. The number of benzene rings is 1. The van der Waals surface area contributed by atoms with Gasteiger partial charge in [0.15, 0.2) is 23.6 Å². The number of hydrogen-bond donors (Lipinski definition) is 2. The summed E-state index contributed by atoms with van der Waals surface area (Å²) in [6, 6.07) is 7.75. The van der Waals surface area contributed by atoms with Crippen LogP contribution < -0.4 is 5.32 Å². The lowest BCUT2D eigenvalue weighted by atomic mass is 9.91. The highest BCUT2D eigenvalue weighted by atomic mass is 32.1. The number of carbonyl (C=O) groups excluding carboxylic acids is 4. The van der Waals surface area contributed by atoms with E-state index in [1.165, 1.54) is 12.3 Å². The van der Waals surface area contributed by atoms with Crippen molar-refractivity contribution in [3.8, 4) is 5.75 Å². The molecule has 0 spiro atoms. The molecule has 3 rings (SSSR count). The summed E-state index contributed by atoms with van der Waals surface area (Å²) in [4.78, 5) is 50.7. The van der Waals surface area contributed by atoms with Gasteiger partial charge in [-0.25, -0.2) is 4.79 Å². The molecule has 1 aliphatic heterocycles. The summed E-state index contributed by atoms with van der Waals surface area (Å²) in [5, 5.41) is 13.4. The fraction of sp³-hybridized carbons (Fsp3) is 0.435. The van der Waals surface area contributed by atoms with Gasteiger partial charge in [-0.15, -0.1) is 0 Å². The monoisotopic (exact) mass is 490 g/mol. The predicted molar refractivity (Wildman–Crippen MR) is 120 cm³/mol. The molecule has 1 aromatic heterocycles. The first-order valence-electron chi connectivity index (χ1n) is 10.7. The standard InChI is InChI=1S/C23H26N2O8S/c1-12(2)21(28)33-19-13(3)32-23(30)16(24-20(27)18-17(26)11-34-25-18)10-31-22(29)15(19)9-14-7-5-4-6-8-14/h4-8,11-13,15-16,19,26H,9-10H2,1-3H3,(H,24,27)/t13-,15+,16?,19?/m0/s1. The van der Waals surface area contributed by atoms with Crippen molar-refractivity contribution in [1.82, 2.24) is 9.69 Å². The van der Waals surface area contributed by atoms with Crippen molar-refractivity contribution in [1.29, 1.82) is 0 Å². The number of amides is 1. The smallest absolute Gasteiger partial charge is 0.332 e.